The third-order valence-corrected chi connectivity index (χ3v) is 4.74. The molecule has 1 heterocycles. The molecule has 1 saturated carbocycles. The number of anilines is 1. The summed E-state index contributed by atoms with van der Waals surface area (Å²) in [4.78, 5) is 3.88. The molecule has 0 unspecified atom stereocenters. The molecule has 0 atom stereocenters. The van der Waals surface area contributed by atoms with Crippen LogP contribution < -0.4 is 10.1 Å². The maximum atomic E-state index is 12.6. The van der Waals surface area contributed by atoms with Gasteiger partial charge in [-0.05, 0) is 43.0 Å². The highest BCUT2D eigenvalue weighted by Gasteiger charge is 2.30. The molecule has 0 bridgehead atoms. The van der Waals surface area contributed by atoms with Crippen LogP contribution in [-0.4, -0.2) is 18.1 Å². The summed E-state index contributed by atoms with van der Waals surface area (Å²) in [5.74, 6) is 1.57. The van der Waals surface area contributed by atoms with E-state index in [-0.39, 0.29) is 0 Å². The third-order valence-electron chi connectivity index (χ3n) is 4.50. The molecular formula is C20H22ClF3N2O. The number of pyridine rings is 1. The van der Waals surface area contributed by atoms with Gasteiger partial charge >= 0.3 is 6.18 Å². The fourth-order valence-corrected chi connectivity index (χ4v) is 2.95. The predicted molar refractivity (Wildman–Crippen MR) is 100 cm³/mol. The fraction of sp³-hybridized carbons (Fsp3) is 0.450. The lowest BCUT2D eigenvalue weighted by molar-refractivity contribution is -0.137. The third kappa shape index (κ3) is 6.31. The van der Waals surface area contributed by atoms with Crippen molar-refractivity contribution in [2.45, 2.75) is 38.3 Å². The molecular weight excluding hydrogens is 377 g/mol. The number of alkyl halides is 3. The summed E-state index contributed by atoms with van der Waals surface area (Å²) in [6, 6.07) is 7.86. The van der Waals surface area contributed by atoms with Crippen molar-refractivity contribution in [3.8, 4) is 5.75 Å². The van der Waals surface area contributed by atoms with Crippen LogP contribution >= 0.6 is 11.6 Å². The average molecular weight is 399 g/mol. The van der Waals surface area contributed by atoms with Crippen molar-refractivity contribution in [3.63, 3.8) is 0 Å². The Hall–Kier alpha value is -1.95. The smallest absolute Gasteiger partial charge is 0.417 e. The van der Waals surface area contributed by atoms with Crippen molar-refractivity contribution in [3.05, 3.63) is 52.8 Å². The predicted octanol–water partition coefficient (Wildman–Crippen LogP) is 5.98. The first-order valence-electron chi connectivity index (χ1n) is 9.10. The molecule has 1 aromatic heterocycles. The molecule has 1 aliphatic rings. The van der Waals surface area contributed by atoms with E-state index in [0.717, 1.165) is 30.3 Å². The maximum absolute atomic E-state index is 12.6. The second-order valence-electron chi connectivity index (χ2n) is 6.79. The molecule has 1 aromatic carbocycles. The van der Waals surface area contributed by atoms with Gasteiger partial charge in [0.25, 0.3) is 0 Å². The van der Waals surface area contributed by atoms with Gasteiger partial charge in [-0.3, -0.25) is 4.98 Å². The van der Waals surface area contributed by atoms with Gasteiger partial charge in [-0.1, -0.05) is 24.4 Å². The van der Waals surface area contributed by atoms with Crippen LogP contribution in [0.5, 0.6) is 5.75 Å². The van der Waals surface area contributed by atoms with Crippen LogP contribution in [0.15, 0.2) is 36.5 Å². The van der Waals surface area contributed by atoms with Gasteiger partial charge in [-0.2, -0.15) is 13.2 Å². The van der Waals surface area contributed by atoms with Crippen molar-refractivity contribution in [2.24, 2.45) is 5.92 Å². The van der Waals surface area contributed by atoms with Crippen molar-refractivity contribution >= 4 is 17.3 Å². The van der Waals surface area contributed by atoms with Crippen LogP contribution in [0.25, 0.3) is 0 Å². The molecule has 3 nitrogen and oxygen atoms in total. The molecule has 0 amide bonds. The van der Waals surface area contributed by atoms with Gasteiger partial charge < -0.3 is 10.1 Å². The molecule has 0 aliphatic heterocycles. The van der Waals surface area contributed by atoms with Crippen molar-refractivity contribution in [2.75, 3.05) is 18.5 Å². The van der Waals surface area contributed by atoms with E-state index in [1.54, 1.807) is 12.1 Å². The molecule has 0 radical (unpaired) electrons. The molecule has 1 N–H and O–H groups in total. The van der Waals surface area contributed by atoms with Crippen LogP contribution in [0.2, 0.25) is 5.02 Å². The Balaban J connectivity index is 1.50. The molecule has 1 fully saturated rings. The summed E-state index contributed by atoms with van der Waals surface area (Å²) in [6.07, 6.45) is 1.89. The molecule has 2 aromatic rings. The van der Waals surface area contributed by atoms with Crippen LogP contribution in [0.3, 0.4) is 0 Å². The van der Waals surface area contributed by atoms with Crippen LogP contribution in [0, 0.1) is 5.92 Å². The largest absolute Gasteiger partial charge is 0.491 e. The van der Waals surface area contributed by atoms with Crippen LogP contribution in [0.1, 0.15) is 36.9 Å². The normalized spacial score (nSPS) is 14.2. The van der Waals surface area contributed by atoms with E-state index in [4.69, 9.17) is 16.3 Å². The van der Waals surface area contributed by atoms with Gasteiger partial charge in [0, 0.05) is 35.9 Å². The molecule has 27 heavy (non-hydrogen) atoms. The number of ether oxygens (including phenoxy) is 1. The summed E-state index contributed by atoms with van der Waals surface area (Å²) < 4.78 is 43.6. The van der Waals surface area contributed by atoms with Gasteiger partial charge in [0.2, 0.25) is 0 Å². The number of hydrogen-bond acceptors (Lipinski definition) is 3. The molecule has 0 spiro atoms. The topological polar surface area (TPSA) is 34.1 Å². The first-order chi connectivity index (χ1) is 12.9. The summed E-state index contributed by atoms with van der Waals surface area (Å²) in [5, 5.41) is 3.85. The van der Waals surface area contributed by atoms with Crippen molar-refractivity contribution < 1.29 is 17.9 Å². The highest BCUT2D eigenvalue weighted by molar-refractivity contribution is 6.30. The minimum Gasteiger partial charge on any atom is -0.491 e. The Kier molecular flexibility index (Phi) is 6.47. The van der Waals surface area contributed by atoms with E-state index >= 15 is 0 Å². The second-order valence-corrected chi connectivity index (χ2v) is 7.22. The molecule has 146 valence electrons. The maximum Gasteiger partial charge on any atom is 0.417 e. The minimum atomic E-state index is -4.36. The summed E-state index contributed by atoms with van der Waals surface area (Å²) in [6.45, 7) is 1.17. The van der Waals surface area contributed by atoms with E-state index in [0.29, 0.717) is 36.0 Å². The number of nitrogens with zero attached hydrogens (tertiary/aromatic N) is 1. The number of halogens is 4. The van der Waals surface area contributed by atoms with E-state index in [1.807, 2.05) is 6.07 Å². The SMILES string of the molecule is FC(F)(F)c1ccc(CCNc2ccc(Cl)cc2OCCCC2CC2)nc1. The number of nitrogens with one attached hydrogen (secondary N) is 1. The standard InChI is InChI=1S/C20H22ClF3N2O/c21-16-6-8-18(19(12-16)27-11-1-2-14-3-4-14)25-10-9-17-7-5-15(13-26-17)20(22,23)24/h5-8,12-14,25H,1-4,9-11H2. The zero-order valence-corrected chi connectivity index (χ0v) is 15.6. The summed E-state index contributed by atoms with van der Waals surface area (Å²) >= 11 is 6.06. The Labute approximate surface area is 161 Å². The Morgan fingerprint density at radius 2 is 2.00 bits per heavy atom. The Morgan fingerprint density at radius 3 is 2.67 bits per heavy atom. The van der Waals surface area contributed by atoms with E-state index in [2.05, 4.69) is 10.3 Å². The molecule has 1 aliphatic carbocycles. The van der Waals surface area contributed by atoms with E-state index < -0.39 is 11.7 Å². The number of rotatable bonds is 9. The zero-order chi connectivity index (χ0) is 19.3. The van der Waals surface area contributed by atoms with E-state index in [1.165, 1.54) is 25.3 Å². The first kappa shape index (κ1) is 19.8. The van der Waals surface area contributed by atoms with Gasteiger partial charge in [0.05, 0.1) is 17.9 Å². The highest BCUT2D eigenvalue weighted by Crippen LogP contribution is 2.34. The average Bonchev–Trinajstić information content (AvgIpc) is 3.44. The van der Waals surface area contributed by atoms with Crippen LogP contribution in [0.4, 0.5) is 18.9 Å². The van der Waals surface area contributed by atoms with Crippen LogP contribution in [-0.2, 0) is 12.6 Å². The van der Waals surface area contributed by atoms with E-state index in [9.17, 15) is 13.2 Å². The van der Waals surface area contributed by atoms with Crippen molar-refractivity contribution in [1.29, 1.82) is 0 Å². The molecule has 0 saturated heterocycles. The first-order valence-corrected chi connectivity index (χ1v) is 9.48. The highest BCUT2D eigenvalue weighted by atomic mass is 35.5. The second kappa shape index (κ2) is 8.83. The van der Waals surface area contributed by atoms with Gasteiger partial charge in [0.15, 0.2) is 0 Å². The molecule has 3 rings (SSSR count). The summed E-state index contributed by atoms with van der Waals surface area (Å²) in [7, 11) is 0. The summed E-state index contributed by atoms with van der Waals surface area (Å²) in [5.41, 5.74) is 0.674. The van der Waals surface area contributed by atoms with Crippen molar-refractivity contribution in [1.82, 2.24) is 4.98 Å². The van der Waals surface area contributed by atoms with Gasteiger partial charge in [-0.15, -0.1) is 0 Å². The monoisotopic (exact) mass is 398 g/mol. The Morgan fingerprint density at radius 1 is 1.19 bits per heavy atom. The van der Waals surface area contributed by atoms with Gasteiger partial charge in [-0.25, -0.2) is 0 Å². The number of benzene rings is 1. The van der Waals surface area contributed by atoms with Gasteiger partial charge in [0.1, 0.15) is 5.75 Å². The quantitative estimate of drug-likeness (QED) is 0.528. The lowest BCUT2D eigenvalue weighted by Gasteiger charge is -2.14. The zero-order valence-electron chi connectivity index (χ0n) is 14.9. The molecule has 7 heteroatoms. The number of hydrogen-bond donors (Lipinski definition) is 1. The lowest BCUT2D eigenvalue weighted by atomic mass is 10.2. The number of aromatic nitrogens is 1. The lowest BCUT2D eigenvalue weighted by Crippen LogP contribution is -2.10. The fourth-order valence-electron chi connectivity index (χ4n) is 2.79. The Bertz CT molecular complexity index is 746. The minimum absolute atomic E-state index is 0.502.